The number of methoxy groups -OCH3 is 4. The Morgan fingerprint density at radius 2 is 0.636 bits per heavy atom. The molecule has 9 rings (SSSR count). The summed E-state index contributed by atoms with van der Waals surface area (Å²) in [4.78, 5) is 158. The zero-order valence-electron chi connectivity index (χ0n) is 87.0. The predicted octanol–water partition coefficient (Wildman–Crippen LogP) is 17.4. The molecule has 0 unspecified atom stereocenters. The molecule has 0 aliphatic carbocycles. The molecular formula is C107H143ClFN11O20. The van der Waals surface area contributed by atoms with Crippen molar-refractivity contribution in [3.8, 4) is 5.75 Å². The van der Waals surface area contributed by atoms with Crippen molar-refractivity contribution < 1.29 is 99.9 Å². The molecule has 0 radical (unpaired) electrons. The Bertz CT molecular complexity index is 5480. The van der Waals surface area contributed by atoms with Crippen LogP contribution in [0.15, 0.2) is 164 Å². The van der Waals surface area contributed by atoms with Gasteiger partial charge in [-0.15, -0.1) is 0 Å². The molecule has 0 fully saturated rings. The van der Waals surface area contributed by atoms with Gasteiger partial charge in [0.05, 0.1) is 76.1 Å². The summed E-state index contributed by atoms with van der Waals surface area (Å²) < 4.78 is 46.8. The second-order valence-electron chi connectivity index (χ2n) is 32.6. The third-order valence-corrected chi connectivity index (χ3v) is 20.1. The third kappa shape index (κ3) is 42.1. The molecule has 9 aromatic rings. The zero-order chi connectivity index (χ0) is 107. The first-order valence-electron chi connectivity index (χ1n) is 45.1. The maximum Gasteiger partial charge on any atom is 0.341 e. The van der Waals surface area contributed by atoms with Gasteiger partial charge in [0.25, 0.3) is 35.4 Å². The number of amides is 7. The quantitative estimate of drug-likeness (QED) is 0.0217. The topological polar surface area (TPSA) is 389 Å². The molecule has 140 heavy (non-hydrogen) atoms. The average molecular weight is 1960 g/mol. The van der Waals surface area contributed by atoms with E-state index in [0.29, 0.717) is 115 Å². The minimum atomic E-state index is -0.551. The molecule has 0 aliphatic rings. The lowest BCUT2D eigenvalue weighted by Crippen LogP contribution is -2.24. The summed E-state index contributed by atoms with van der Waals surface area (Å²) >= 11 is 5.82. The SMILES string of the molecule is CCOC(=O)c1cc(C)cc(CC)c1.CCOC(=O)c1cc(CC)ccc1OC.CCOC(=O)c1cc(F)cc(CC)c1.CCc1cc(C(=O)OC)cc(C(C)(C)C)c1.CCc1cc(Cl)cc(C(=O)OC)c1.CNC(=O)c1cc(NC)cc(C(=O)N(C)C)c1.CNc1cc(C(=O)N(C)C)cc(C(=O)N(C)C)c1.CNc1cc(C(=O)OC)cc(C(=O)N(C)C)c1.CNc1cc(C(N)=O)cc(C(=O)N(C)C)c1. The van der Waals surface area contributed by atoms with Crippen LogP contribution in [-0.4, -0.2) is 256 Å². The number of primary amides is 1. The molecule has 0 heterocycles. The van der Waals surface area contributed by atoms with Gasteiger partial charge >= 0.3 is 35.8 Å². The summed E-state index contributed by atoms with van der Waals surface area (Å²) in [5.41, 5.74) is 21.7. The lowest BCUT2D eigenvalue weighted by atomic mass is 9.85. The molecule has 33 heteroatoms. The molecule has 0 saturated carbocycles. The fourth-order valence-electron chi connectivity index (χ4n) is 12.2. The van der Waals surface area contributed by atoms with Gasteiger partial charge in [-0.25, -0.2) is 33.2 Å². The van der Waals surface area contributed by atoms with Crippen LogP contribution in [0.5, 0.6) is 5.75 Å². The number of rotatable bonds is 26. The van der Waals surface area contributed by atoms with Crippen molar-refractivity contribution in [3.63, 3.8) is 0 Å². The van der Waals surface area contributed by atoms with E-state index in [-0.39, 0.29) is 70.3 Å². The summed E-state index contributed by atoms with van der Waals surface area (Å²) in [7, 11) is 30.8. The number of nitrogens with zero attached hydrogens (tertiary/aromatic N) is 5. The Kier molecular flexibility index (Phi) is 55.4. The minimum Gasteiger partial charge on any atom is -0.496 e. The maximum absolute atomic E-state index is 13.0. The highest BCUT2D eigenvalue weighted by Gasteiger charge is 2.23. The van der Waals surface area contributed by atoms with E-state index in [1.807, 2.05) is 77.1 Å². The normalized spacial score (nSPS) is 9.95. The van der Waals surface area contributed by atoms with Crippen LogP contribution in [0, 0.1) is 12.7 Å². The molecule has 0 aliphatic heterocycles. The summed E-state index contributed by atoms with van der Waals surface area (Å²) in [5, 5.41) is 14.8. The Morgan fingerprint density at radius 3 is 0.971 bits per heavy atom. The van der Waals surface area contributed by atoms with Crippen LogP contribution in [-0.2, 0) is 65.9 Å². The van der Waals surface area contributed by atoms with Gasteiger partial charge in [0.15, 0.2) is 0 Å². The molecular weight excluding hydrogens is 1810 g/mol. The van der Waals surface area contributed by atoms with E-state index >= 15 is 0 Å². The summed E-state index contributed by atoms with van der Waals surface area (Å²) in [6, 6.07) is 46.6. The molecule has 31 nitrogen and oxygen atoms in total. The summed E-state index contributed by atoms with van der Waals surface area (Å²) in [6.45, 7) is 24.9. The highest BCUT2D eigenvalue weighted by Crippen LogP contribution is 2.28. The number of aryl methyl sites for hydroxylation is 6. The Hall–Kier alpha value is -14.7. The zero-order valence-corrected chi connectivity index (χ0v) is 87.7. The van der Waals surface area contributed by atoms with E-state index in [2.05, 4.69) is 82.8 Å². The van der Waals surface area contributed by atoms with Crippen LogP contribution in [0.25, 0.3) is 0 Å². The van der Waals surface area contributed by atoms with Crippen molar-refractivity contribution in [1.29, 1.82) is 0 Å². The standard InChI is InChI=1S/C14H20O2.C13H19N3O2.C12H17N3O2.C12H16N2O3.C12H16O3.C12H16O2.C11H13FO2.C11H15N3O2.C10H11ClO2/c1-6-10-7-11(13(15)16-5)9-12(8-10)14(2,3)4;1-14-11-7-9(12(17)15(2)3)6-10(8-11)13(18)16(4)5;1-13-10-6-8(11(16)14-2)5-9(7-10)12(17)15(3)4;1-13-10-6-8(11(15)14(2)3)5-9(7-10)12(16)17-4;1-4-9-6-7-11(14-3)10(8-9)12(13)15-5-2;1-4-10-6-9(3)7-11(8-10)12(13)14-5-2;1-3-8-5-9(7-10(12)6-8)11(13)14-4-2;1-13-9-5-7(10(12)15)4-8(6-9)11(16)14(2)3;1-3-7-4-8(10(12)13-2)6-9(11)5-7/h7-9H,6H2,1-5H3;6-8,14H,1-5H3;5-7,13H,1-4H3,(H,14,16);5-7,13H,1-4H3;6-8H,4-5H2,1-3H3;6-8H,4-5H2,1-3H3;5-7H,3-4H2,1-2H3;4-6,13H,1-3H3,(H2,12,15);4-6H,3H2,1-2H3. The Balaban J connectivity index is 0.000000789. The van der Waals surface area contributed by atoms with E-state index in [4.69, 9.17) is 41.0 Å². The smallest absolute Gasteiger partial charge is 0.341 e. The Labute approximate surface area is 830 Å². The van der Waals surface area contributed by atoms with E-state index < -0.39 is 23.7 Å². The van der Waals surface area contributed by atoms with Crippen molar-refractivity contribution in [2.45, 2.75) is 121 Å². The van der Waals surface area contributed by atoms with Crippen LogP contribution in [0.3, 0.4) is 0 Å². The van der Waals surface area contributed by atoms with Crippen molar-refractivity contribution in [3.05, 3.63) is 286 Å². The van der Waals surface area contributed by atoms with Gasteiger partial charge in [-0.2, -0.15) is 0 Å². The monoisotopic (exact) mass is 1960 g/mol. The molecule has 0 bridgehead atoms. The fraction of sp³-hybridized carbons (Fsp3) is 0.374. The van der Waals surface area contributed by atoms with Gasteiger partial charge in [0, 0.05) is 172 Å². The van der Waals surface area contributed by atoms with Gasteiger partial charge in [-0.1, -0.05) is 90.8 Å². The van der Waals surface area contributed by atoms with Crippen LogP contribution in [0.2, 0.25) is 5.02 Å². The number of carbonyl (C=O) groups is 13. The van der Waals surface area contributed by atoms with Crippen LogP contribution < -0.4 is 37.1 Å². The first-order valence-corrected chi connectivity index (χ1v) is 45.5. The second-order valence-corrected chi connectivity index (χ2v) is 33.1. The minimum absolute atomic E-state index is 0.0496. The van der Waals surface area contributed by atoms with Crippen molar-refractivity contribution >= 4 is 112 Å². The van der Waals surface area contributed by atoms with Crippen molar-refractivity contribution in [1.82, 2.24) is 29.8 Å². The maximum atomic E-state index is 13.0. The third-order valence-electron chi connectivity index (χ3n) is 19.9. The van der Waals surface area contributed by atoms with E-state index in [9.17, 15) is 66.7 Å². The van der Waals surface area contributed by atoms with Crippen molar-refractivity contribution in [2.75, 3.05) is 175 Å². The lowest BCUT2D eigenvalue weighted by Gasteiger charge is -2.20. The number of hydrogen-bond donors (Lipinski definition) is 6. The van der Waals surface area contributed by atoms with E-state index in [1.54, 1.807) is 212 Å². The number of benzene rings is 9. The molecule has 9 aromatic carbocycles. The van der Waals surface area contributed by atoms with Gasteiger partial charge in [0.2, 0.25) is 5.91 Å². The van der Waals surface area contributed by atoms with Crippen molar-refractivity contribution in [2.24, 2.45) is 5.73 Å². The van der Waals surface area contributed by atoms with Crippen LogP contribution in [0.4, 0.5) is 27.1 Å². The second kappa shape index (κ2) is 62.9. The molecule has 7 N–H and O–H groups in total. The number of esters is 6. The van der Waals surface area contributed by atoms with Gasteiger partial charge in [-0.05, 0) is 244 Å². The van der Waals surface area contributed by atoms with Gasteiger partial charge in [0.1, 0.15) is 17.1 Å². The largest absolute Gasteiger partial charge is 0.496 e. The molecule has 0 spiro atoms. The molecule has 0 aromatic heterocycles. The molecule has 0 atom stereocenters. The predicted molar refractivity (Wildman–Crippen MR) is 552 cm³/mol. The highest BCUT2D eigenvalue weighted by molar-refractivity contribution is 6.31. The number of halogens is 2. The number of hydrogen-bond acceptors (Lipinski definition) is 24. The molecule has 7 amide bonds. The van der Waals surface area contributed by atoms with Crippen LogP contribution in [0.1, 0.15) is 250 Å². The molecule has 0 saturated heterocycles. The van der Waals surface area contributed by atoms with Gasteiger partial charge < -0.3 is 90.0 Å². The number of nitrogens with one attached hydrogen (secondary N) is 5. The first kappa shape index (κ1) is 123. The van der Waals surface area contributed by atoms with Crippen LogP contribution >= 0.6 is 11.6 Å². The summed E-state index contributed by atoms with van der Waals surface area (Å²) in [5.74, 6) is -3.41. The van der Waals surface area contributed by atoms with Gasteiger partial charge in [-0.3, -0.25) is 33.6 Å². The Morgan fingerprint density at radius 1 is 0.336 bits per heavy atom. The number of ether oxygens (including phenoxy) is 7. The first-order chi connectivity index (χ1) is 65.9. The van der Waals surface area contributed by atoms with E-state index in [1.165, 1.54) is 86.8 Å². The highest BCUT2D eigenvalue weighted by atomic mass is 35.5. The number of anilines is 4. The number of carbonyl (C=O) groups excluding carboxylic acids is 13. The fourth-order valence-corrected chi connectivity index (χ4v) is 12.5. The number of nitrogens with two attached hydrogens (primary N) is 1. The lowest BCUT2D eigenvalue weighted by molar-refractivity contribution is 0.0514. The summed E-state index contributed by atoms with van der Waals surface area (Å²) in [6.07, 6.45) is 4.30. The van der Waals surface area contributed by atoms with E-state index in [0.717, 1.165) is 59.3 Å². The molecule has 760 valence electrons. The average Bonchev–Trinajstić information content (AvgIpc) is 0.820.